The van der Waals surface area contributed by atoms with Gasteiger partial charge in [0.05, 0.1) is 22.4 Å². The van der Waals surface area contributed by atoms with E-state index in [0.717, 1.165) is 10.4 Å². The number of aromatic nitrogens is 1. The minimum Gasteiger partial charge on any atom is -0.463 e. The summed E-state index contributed by atoms with van der Waals surface area (Å²) in [7, 11) is 0. The Labute approximate surface area is 207 Å². The molecule has 9 heteroatoms. The molecule has 4 heterocycles. The van der Waals surface area contributed by atoms with Gasteiger partial charge in [0.2, 0.25) is 0 Å². The number of ether oxygens (including phenoxy) is 1. The highest BCUT2D eigenvalue weighted by Gasteiger charge is 2.33. The quantitative estimate of drug-likeness (QED) is 0.362. The first-order chi connectivity index (χ1) is 16.5. The van der Waals surface area contributed by atoms with Crippen LogP contribution in [0.4, 0.5) is 0 Å². The van der Waals surface area contributed by atoms with E-state index in [0.29, 0.717) is 37.1 Å². The minimum absolute atomic E-state index is 0.239. The predicted octanol–water partition coefficient (Wildman–Crippen LogP) is 4.77. The van der Waals surface area contributed by atoms with Crippen molar-refractivity contribution in [1.29, 1.82) is 0 Å². The van der Waals surface area contributed by atoms with Crippen molar-refractivity contribution < 1.29 is 13.9 Å². The molecule has 0 amide bonds. The van der Waals surface area contributed by atoms with Crippen molar-refractivity contribution in [3.05, 3.63) is 101 Å². The number of hydrogen-bond donors (Lipinski definition) is 0. The van der Waals surface area contributed by atoms with E-state index in [9.17, 15) is 9.59 Å². The number of carbonyl (C=O) groups excluding carboxylic acids is 1. The van der Waals surface area contributed by atoms with Gasteiger partial charge in [-0.2, -0.15) is 0 Å². The molecule has 0 N–H and O–H groups in total. The maximum absolute atomic E-state index is 13.5. The number of rotatable bonds is 5. The van der Waals surface area contributed by atoms with Crippen molar-refractivity contribution in [2.75, 3.05) is 6.61 Å². The molecule has 172 valence electrons. The van der Waals surface area contributed by atoms with Gasteiger partial charge in [-0.15, -0.1) is 11.3 Å². The Balaban J connectivity index is 1.62. The van der Waals surface area contributed by atoms with E-state index in [2.05, 4.69) is 4.99 Å². The molecule has 6 nitrogen and oxygen atoms in total. The van der Waals surface area contributed by atoms with Crippen molar-refractivity contribution in [3.63, 3.8) is 0 Å². The van der Waals surface area contributed by atoms with Gasteiger partial charge in [0, 0.05) is 21.5 Å². The number of thiazole rings is 1. The predicted molar refractivity (Wildman–Crippen MR) is 134 cm³/mol. The van der Waals surface area contributed by atoms with Crippen LogP contribution in [0, 0.1) is 0 Å². The average Bonchev–Trinajstić information content (AvgIpc) is 3.55. The number of thiophene rings is 1. The molecule has 1 aliphatic rings. The first-order valence-electron chi connectivity index (χ1n) is 10.5. The van der Waals surface area contributed by atoms with E-state index < -0.39 is 12.0 Å². The lowest BCUT2D eigenvalue weighted by molar-refractivity contribution is -0.139. The smallest absolute Gasteiger partial charge is 0.338 e. The van der Waals surface area contributed by atoms with E-state index in [1.54, 1.807) is 36.6 Å². The SMILES string of the molecule is CCOC(=O)C1=C(C)N=c2s/c(=C/c3ccc(-c4cccc(Cl)c4)o3)c(=O)n2[C@@H]1c1cccs1. The van der Waals surface area contributed by atoms with E-state index in [4.69, 9.17) is 20.8 Å². The normalized spacial score (nSPS) is 15.9. The molecule has 0 spiro atoms. The number of nitrogens with zero attached hydrogens (tertiary/aromatic N) is 2. The maximum Gasteiger partial charge on any atom is 0.338 e. The van der Waals surface area contributed by atoms with Gasteiger partial charge in [-0.25, -0.2) is 9.79 Å². The molecule has 3 aromatic heterocycles. The van der Waals surface area contributed by atoms with Gasteiger partial charge < -0.3 is 9.15 Å². The Bertz CT molecular complexity index is 1590. The summed E-state index contributed by atoms with van der Waals surface area (Å²) in [6.45, 7) is 3.77. The van der Waals surface area contributed by atoms with E-state index in [1.807, 2.05) is 41.8 Å². The van der Waals surface area contributed by atoms with Gasteiger partial charge in [-0.05, 0) is 49.6 Å². The van der Waals surface area contributed by atoms with Crippen LogP contribution in [0.1, 0.15) is 30.5 Å². The Kier molecular flexibility index (Phi) is 6.12. The van der Waals surface area contributed by atoms with Crippen molar-refractivity contribution in [3.8, 4) is 11.3 Å². The third kappa shape index (κ3) is 4.09. The van der Waals surface area contributed by atoms with Crippen molar-refractivity contribution in [2.45, 2.75) is 19.9 Å². The summed E-state index contributed by atoms with van der Waals surface area (Å²) >= 11 is 8.84. The fourth-order valence-corrected chi connectivity index (χ4v) is 5.90. The van der Waals surface area contributed by atoms with Crippen LogP contribution >= 0.6 is 34.3 Å². The number of esters is 1. The van der Waals surface area contributed by atoms with E-state index in [-0.39, 0.29) is 12.2 Å². The number of halogens is 1. The minimum atomic E-state index is -0.587. The van der Waals surface area contributed by atoms with Gasteiger partial charge >= 0.3 is 5.97 Å². The van der Waals surface area contributed by atoms with Crippen LogP contribution in [0.25, 0.3) is 17.4 Å². The molecule has 34 heavy (non-hydrogen) atoms. The Morgan fingerprint density at radius 2 is 2.12 bits per heavy atom. The first kappa shape index (κ1) is 22.6. The average molecular weight is 511 g/mol. The van der Waals surface area contributed by atoms with E-state index in [1.165, 1.54) is 22.7 Å². The molecule has 1 aromatic carbocycles. The van der Waals surface area contributed by atoms with Crippen LogP contribution < -0.4 is 14.9 Å². The molecule has 0 saturated heterocycles. The van der Waals surface area contributed by atoms with Crippen molar-refractivity contribution in [1.82, 2.24) is 4.57 Å². The standard InChI is InChI=1S/C25H19ClN2O4S2/c1-3-31-24(30)21-14(2)27-25-28(22(21)19-8-5-11-33-19)23(29)20(34-25)13-17-9-10-18(32-17)15-6-4-7-16(26)12-15/h4-13,22H,3H2,1-2H3/b20-13+/t22-/m1/s1. The number of furan rings is 1. The van der Waals surface area contributed by atoms with Gasteiger partial charge in [0.1, 0.15) is 17.6 Å². The topological polar surface area (TPSA) is 73.8 Å². The molecule has 1 atom stereocenters. The number of benzene rings is 1. The Morgan fingerprint density at radius 3 is 2.85 bits per heavy atom. The van der Waals surface area contributed by atoms with Crippen molar-refractivity contribution in [2.24, 2.45) is 4.99 Å². The summed E-state index contributed by atoms with van der Waals surface area (Å²) in [5, 5.41) is 2.54. The third-order valence-electron chi connectivity index (χ3n) is 5.34. The van der Waals surface area contributed by atoms with E-state index >= 15 is 0 Å². The molecule has 0 fully saturated rings. The second-order valence-corrected chi connectivity index (χ2v) is 9.95. The second kappa shape index (κ2) is 9.21. The summed E-state index contributed by atoms with van der Waals surface area (Å²) in [6, 6.07) is 14.2. The van der Waals surface area contributed by atoms with Gasteiger partial charge in [-0.1, -0.05) is 41.1 Å². The zero-order chi connectivity index (χ0) is 23.8. The highest BCUT2D eigenvalue weighted by atomic mass is 35.5. The van der Waals surface area contributed by atoms with Crippen molar-refractivity contribution >= 4 is 46.3 Å². The van der Waals surface area contributed by atoms with Crippen LogP contribution in [-0.4, -0.2) is 17.1 Å². The number of hydrogen-bond acceptors (Lipinski definition) is 7. The molecule has 1 aliphatic heterocycles. The zero-order valence-electron chi connectivity index (χ0n) is 18.3. The summed E-state index contributed by atoms with van der Waals surface area (Å²) < 4.78 is 13.3. The maximum atomic E-state index is 13.5. The highest BCUT2D eigenvalue weighted by molar-refractivity contribution is 7.10. The fourth-order valence-electron chi connectivity index (χ4n) is 3.86. The van der Waals surface area contributed by atoms with Crippen LogP contribution in [-0.2, 0) is 9.53 Å². The Morgan fingerprint density at radius 1 is 1.26 bits per heavy atom. The molecule has 0 radical (unpaired) electrons. The van der Waals surface area contributed by atoms with Crippen LogP contribution in [0.5, 0.6) is 0 Å². The summed E-state index contributed by atoms with van der Waals surface area (Å²) in [6.07, 6.45) is 1.70. The molecular weight excluding hydrogens is 492 g/mol. The monoisotopic (exact) mass is 510 g/mol. The first-order valence-corrected chi connectivity index (χ1v) is 12.6. The lowest BCUT2D eigenvalue weighted by Crippen LogP contribution is -2.39. The van der Waals surface area contributed by atoms with Gasteiger partial charge in [-0.3, -0.25) is 9.36 Å². The number of allylic oxidation sites excluding steroid dienone is 1. The molecule has 5 rings (SSSR count). The molecule has 0 bridgehead atoms. The summed E-state index contributed by atoms with van der Waals surface area (Å²) in [4.78, 5) is 32.3. The molecule has 4 aromatic rings. The molecular formula is C25H19ClN2O4S2. The van der Waals surface area contributed by atoms with Gasteiger partial charge in [0.15, 0.2) is 4.80 Å². The van der Waals surface area contributed by atoms with Gasteiger partial charge in [0.25, 0.3) is 5.56 Å². The largest absolute Gasteiger partial charge is 0.463 e. The lowest BCUT2D eigenvalue weighted by Gasteiger charge is -2.23. The molecule has 0 unspecified atom stereocenters. The zero-order valence-corrected chi connectivity index (χ0v) is 20.7. The summed E-state index contributed by atoms with van der Waals surface area (Å²) in [5.74, 6) is 0.723. The summed E-state index contributed by atoms with van der Waals surface area (Å²) in [5.41, 5.74) is 1.54. The van der Waals surface area contributed by atoms with Crippen LogP contribution in [0.2, 0.25) is 5.02 Å². The fraction of sp³-hybridized carbons (Fsp3) is 0.160. The number of carbonyl (C=O) groups is 1. The van der Waals surface area contributed by atoms with Crippen LogP contribution in [0.3, 0.4) is 0 Å². The lowest BCUT2D eigenvalue weighted by atomic mass is 10.0. The third-order valence-corrected chi connectivity index (χ3v) is 7.48. The Hall–Kier alpha value is -3.20. The van der Waals surface area contributed by atoms with Crippen LogP contribution in [0.15, 0.2) is 79.4 Å². The highest BCUT2D eigenvalue weighted by Crippen LogP contribution is 2.33. The second-order valence-electron chi connectivity index (χ2n) is 7.53. The molecule has 0 saturated carbocycles. The molecule has 0 aliphatic carbocycles. The number of fused-ring (bicyclic) bond motifs is 1.